The number of aromatic nitrogens is 2. The van der Waals surface area contributed by atoms with E-state index in [1.165, 1.54) is 7.11 Å². The number of ether oxygens (including phenoxy) is 3. The quantitative estimate of drug-likeness (QED) is 0.539. The number of imidazole rings is 1. The lowest BCUT2D eigenvalue weighted by Gasteiger charge is -2.24. The molecular weight excluding hydrogens is 442 g/mol. The molecule has 10 heteroatoms. The second kappa shape index (κ2) is 6.73. The fourth-order valence-electron chi connectivity index (χ4n) is 3.55. The summed E-state index contributed by atoms with van der Waals surface area (Å²) in [5, 5.41) is 13.2. The largest absolute Gasteiger partial charge is 0.503 e. The topological polar surface area (TPSA) is 116 Å². The number of benzene rings is 2. The number of phenols is 1. The Kier molecular flexibility index (Phi) is 4.16. The van der Waals surface area contributed by atoms with E-state index in [-0.39, 0.29) is 11.7 Å². The van der Waals surface area contributed by atoms with Gasteiger partial charge in [-0.15, -0.1) is 0 Å². The van der Waals surface area contributed by atoms with Crippen molar-refractivity contribution < 1.29 is 19.3 Å². The van der Waals surface area contributed by atoms with E-state index in [0.717, 1.165) is 23.0 Å². The number of aliphatic imine (C=N–C) groups is 1. The van der Waals surface area contributed by atoms with Gasteiger partial charge >= 0.3 is 0 Å². The Morgan fingerprint density at radius 1 is 1.24 bits per heavy atom. The van der Waals surface area contributed by atoms with Gasteiger partial charge in [-0.2, -0.15) is 0 Å². The Labute approximate surface area is 174 Å². The molecule has 0 saturated heterocycles. The van der Waals surface area contributed by atoms with Crippen molar-refractivity contribution in [1.82, 2.24) is 9.55 Å². The van der Waals surface area contributed by atoms with Crippen LogP contribution < -0.4 is 25.3 Å². The fourth-order valence-corrected chi connectivity index (χ4v) is 4.01. The highest BCUT2D eigenvalue weighted by Gasteiger charge is 2.28. The summed E-state index contributed by atoms with van der Waals surface area (Å²) in [6, 6.07) is 7.28. The maximum atomic E-state index is 10.2. The summed E-state index contributed by atoms with van der Waals surface area (Å²) in [4.78, 5) is 9.23. The van der Waals surface area contributed by atoms with Crippen molar-refractivity contribution in [1.29, 1.82) is 0 Å². The lowest BCUT2D eigenvalue weighted by molar-refractivity contribution is 0.297. The molecule has 0 bridgehead atoms. The molecule has 29 heavy (non-hydrogen) atoms. The smallest absolute Gasteiger partial charge is 0.212 e. The normalized spacial score (nSPS) is 17.9. The third-order valence-corrected chi connectivity index (χ3v) is 5.48. The molecule has 1 atom stereocenters. The van der Waals surface area contributed by atoms with Crippen LogP contribution in [-0.4, -0.2) is 40.9 Å². The average Bonchev–Trinajstić information content (AvgIpc) is 2.89. The average molecular weight is 460 g/mol. The van der Waals surface area contributed by atoms with Gasteiger partial charge in [0.25, 0.3) is 0 Å². The number of aromatic hydroxyl groups is 1. The molecule has 2 aliphatic heterocycles. The van der Waals surface area contributed by atoms with Crippen LogP contribution in [0.25, 0.3) is 11.0 Å². The summed E-state index contributed by atoms with van der Waals surface area (Å²) in [6.45, 7) is 1.19. The van der Waals surface area contributed by atoms with Crippen LogP contribution in [0.1, 0.15) is 18.2 Å². The number of nitrogens with two attached hydrogens (primary N) is 1. The third kappa shape index (κ3) is 2.91. The van der Waals surface area contributed by atoms with Gasteiger partial charge in [0.1, 0.15) is 0 Å². The number of halogens is 1. The molecule has 2 aromatic carbocycles. The molecule has 0 saturated carbocycles. The molecule has 0 spiro atoms. The number of methoxy groups -OCH3 is 1. The van der Waals surface area contributed by atoms with Crippen LogP contribution in [0.4, 0.5) is 5.95 Å². The molecule has 3 heterocycles. The van der Waals surface area contributed by atoms with Gasteiger partial charge in [0.05, 0.1) is 35.8 Å². The van der Waals surface area contributed by atoms with E-state index in [9.17, 15) is 5.11 Å². The van der Waals surface area contributed by atoms with Crippen LogP contribution in [0.3, 0.4) is 0 Å². The highest BCUT2D eigenvalue weighted by Crippen LogP contribution is 2.42. The standard InChI is InChI=1S/C19H18BrN5O4/c1-27-15-6-9(5-10(20)16(15)26)17-23-18(21)24-19-22-11-7-13-14(8-12(11)25(17)19)29-4-2-3-28-13/h5-8,17,26H,2-4H2,1H3,(H3,21,22,23,24)/t17-/m0/s1. The minimum absolute atomic E-state index is 0.0220. The van der Waals surface area contributed by atoms with Crippen molar-refractivity contribution in [2.24, 2.45) is 10.7 Å². The first-order chi connectivity index (χ1) is 14.0. The van der Waals surface area contributed by atoms with E-state index in [1.807, 2.05) is 16.7 Å². The van der Waals surface area contributed by atoms with Crippen molar-refractivity contribution in [3.05, 3.63) is 34.3 Å². The van der Waals surface area contributed by atoms with Crippen LogP contribution in [0, 0.1) is 0 Å². The summed E-state index contributed by atoms with van der Waals surface area (Å²) >= 11 is 3.37. The van der Waals surface area contributed by atoms with Crippen molar-refractivity contribution >= 4 is 38.9 Å². The summed E-state index contributed by atoms with van der Waals surface area (Å²) < 4.78 is 19.3. The number of guanidine groups is 1. The first-order valence-electron chi connectivity index (χ1n) is 9.03. The molecule has 0 aliphatic carbocycles. The number of fused-ring (bicyclic) bond motifs is 4. The van der Waals surface area contributed by atoms with Gasteiger partial charge in [0.15, 0.2) is 35.1 Å². The number of phenolic OH excluding ortho intramolecular Hbond substituents is 1. The molecular formula is C19H18BrN5O4. The Morgan fingerprint density at radius 2 is 2.00 bits per heavy atom. The van der Waals surface area contributed by atoms with E-state index in [4.69, 9.17) is 19.9 Å². The van der Waals surface area contributed by atoms with E-state index in [2.05, 4.69) is 31.2 Å². The van der Waals surface area contributed by atoms with Crippen molar-refractivity contribution in [2.75, 3.05) is 25.6 Å². The number of anilines is 1. The molecule has 0 unspecified atom stereocenters. The molecule has 4 N–H and O–H groups in total. The van der Waals surface area contributed by atoms with Crippen LogP contribution in [0.2, 0.25) is 0 Å². The summed E-state index contributed by atoms with van der Waals surface area (Å²) in [5.74, 6) is 2.50. The van der Waals surface area contributed by atoms with Gasteiger partial charge in [-0.1, -0.05) is 0 Å². The van der Waals surface area contributed by atoms with Crippen LogP contribution in [-0.2, 0) is 0 Å². The maximum absolute atomic E-state index is 10.2. The summed E-state index contributed by atoms with van der Waals surface area (Å²) in [5.41, 5.74) is 8.34. The minimum Gasteiger partial charge on any atom is -0.503 e. The number of nitrogens with one attached hydrogen (secondary N) is 1. The maximum Gasteiger partial charge on any atom is 0.212 e. The van der Waals surface area contributed by atoms with Gasteiger partial charge in [-0.25, -0.2) is 9.98 Å². The Hall–Kier alpha value is -3.14. The first kappa shape index (κ1) is 17.9. The molecule has 150 valence electrons. The Bertz CT molecular complexity index is 1160. The first-order valence-corrected chi connectivity index (χ1v) is 9.82. The van der Waals surface area contributed by atoms with E-state index >= 15 is 0 Å². The zero-order valence-electron chi connectivity index (χ0n) is 15.5. The predicted molar refractivity (Wildman–Crippen MR) is 111 cm³/mol. The van der Waals surface area contributed by atoms with Gasteiger partial charge in [-0.05, 0) is 28.1 Å². The lowest BCUT2D eigenvalue weighted by Crippen LogP contribution is -2.31. The Morgan fingerprint density at radius 3 is 2.76 bits per heavy atom. The third-order valence-electron chi connectivity index (χ3n) is 4.87. The van der Waals surface area contributed by atoms with Gasteiger partial charge in [0.2, 0.25) is 5.95 Å². The van der Waals surface area contributed by atoms with Crippen molar-refractivity contribution in [2.45, 2.75) is 12.6 Å². The Balaban J connectivity index is 1.71. The molecule has 9 nitrogen and oxygen atoms in total. The van der Waals surface area contributed by atoms with Crippen LogP contribution >= 0.6 is 15.9 Å². The van der Waals surface area contributed by atoms with Crippen molar-refractivity contribution in [3.63, 3.8) is 0 Å². The molecule has 1 aromatic heterocycles. The summed E-state index contributed by atoms with van der Waals surface area (Å²) in [7, 11) is 1.50. The number of rotatable bonds is 2. The van der Waals surface area contributed by atoms with Crippen LogP contribution in [0.5, 0.6) is 23.0 Å². The molecule has 0 fully saturated rings. The predicted octanol–water partition coefficient (Wildman–Crippen LogP) is 2.96. The minimum atomic E-state index is -0.508. The number of nitrogens with zero attached hydrogens (tertiary/aromatic N) is 3. The van der Waals surface area contributed by atoms with E-state index in [0.29, 0.717) is 40.9 Å². The van der Waals surface area contributed by atoms with Crippen LogP contribution in [0.15, 0.2) is 33.7 Å². The fraction of sp³-hybridized carbons (Fsp3) is 0.263. The summed E-state index contributed by atoms with van der Waals surface area (Å²) in [6.07, 6.45) is 0.316. The highest BCUT2D eigenvalue weighted by molar-refractivity contribution is 9.10. The number of hydrogen-bond acceptors (Lipinski definition) is 8. The molecule has 5 rings (SSSR count). The molecule has 3 aromatic rings. The van der Waals surface area contributed by atoms with Gasteiger partial charge in [0, 0.05) is 24.1 Å². The highest BCUT2D eigenvalue weighted by atomic mass is 79.9. The second-order valence-electron chi connectivity index (χ2n) is 6.71. The van der Waals surface area contributed by atoms with E-state index in [1.54, 1.807) is 12.1 Å². The molecule has 0 radical (unpaired) electrons. The zero-order chi connectivity index (χ0) is 20.1. The SMILES string of the molecule is COc1cc([C@H]2N=C(N)Nc3nc4cc5c(cc4n32)OCCCO5)cc(Br)c1O. The second-order valence-corrected chi connectivity index (χ2v) is 7.56. The van der Waals surface area contributed by atoms with Gasteiger partial charge < -0.3 is 25.1 Å². The zero-order valence-corrected chi connectivity index (χ0v) is 17.1. The van der Waals surface area contributed by atoms with E-state index < -0.39 is 6.17 Å². The van der Waals surface area contributed by atoms with Crippen molar-refractivity contribution in [3.8, 4) is 23.0 Å². The molecule has 2 aliphatic rings. The molecule has 0 amide bonds. The lowest BCUT2D eigenvalue weighted by atomic mass is 10.1. The monoisotopic (exact) mass is 459 g/mol. The number of hydrogen-bond donors (Lipinski definition) is 3. The van der Waals surface area contributed by atoms with Gasteiger partial charge in [-0.3, -0.25) is 9.88 Å².